The number of rotatable bonds is 7. The summed E-state index contributed by atoms with van der Waals surface area (Å²) in [5.74, 6) is 0.424. The number of methoxy groups -OCH3 is 1. The first kappa shape index (κ1) is 25.0. The quantitative estimate of drug-likeness (QED) is 0.226. The smallest absolute Gasteiger partial charge is 0.418 e. The lowest BCUT2D eigenvalue weighted by Gasteiger charge is -2.17. The average molecular weight is 513 g/mol. The molecule has 0 bridgehead atoms. The van der Waals surface area contributed by atoms with Crippen LogP contribution in [0.25, 0.3) is 22.0 Å². The first-order valence-corrected chi connectivity index (χ1v) is 11.9. The monoisotopic (exact) mass is 512 g/mol. The molecule has 190 valence electrons. The van der Waals surface area contributed by atoms with Crippen LogP contribution >= 0.6 is 0 Å². The van der Waals surface area contributed by atoms with Gasteiger partial charge in [-0.2, -0.15) is 13.2 Å². The topological polar surface area (TPSA) is 51.2 Å². The van der Waals surface area contributed by atoms with Gasteiger partial charge in [0.25, 0.3) is 0 Å². The lowest BCUT2D eigenvalue weighted by molar-refractivity contribution is -0.136. The van der Waals surface area contributed by atoms with Gasteiger partial charge in [0.2, 0.25) is 0 Å². The van der Waals surface area contributed by atoms with E-state index in [1.54, 1.807) is 55.6 Å². The Kier molecular flexibility index (Phi) is 6.83. The number of carbonyl (C=O) groups is 1. The van der Waals surface area contributed by atoms with Crippen LogP contribution in [0, 0.1) is 0 Å². The molecular weight excluding hydrogens is 489 g/mol. The first-order chi connectivity index (χ1) is 18.3. The number of carbonyl (C=O) groups excluding carboxylic acids is 1. The summed E-state index contributed by atoms with van der Waals surface area (Å²) in [6.45, 7) is 0.506. The van der Waals surface area contributed by atoms with E-state index in [1.165, 1.54) is 12.3 Å². The molecule has 0 radical (unpaired) electrons. The van der Waals surface area contributed by atoms with Crippen molar-refractivity contribution in [3.8, 4) is 16.9 Å². The Hall–Kier alpha value is -4.65. The van der Waals surface area contributed by atoms with Crippen molar-refractivity contribution in [3.05, 3.63) is 126 Å². The average Bonchev–Trinajstić information content (AvgIpc) is 2.95. The molecule has 0 saturated carbocycles. The minimum Gasteiger partial charge on any atom is -0.497 e. The number of ketones is 1. The Morgan fingerprint density at radius 2 is 1.66 bits per heavy atom. The molecule has 5 rings (SSSR count). The number of benzene rings is 4. The highest BCUT2D eigenvalue weighted by Crippen LogP contribution is 2.39. The molecule has 1 N–H and O–H groups in total. The molecule has 0 spiro atoms. The summed E-state index contributed by atoms with van der Waals surface area (Å²) in [5, 5.41) is 3.61. The number of anilines is 1. The molecular formula is C31H23F3N2O2. The van der Waals surface area contributed by atoms with Gasteiger partial charge in [0.1, 0.15) is 5.75 Å². The number of nitrogens with zero attached hydrogens (tertiary/aromatic N) is 1. The third-order valence-corrected chi connectivity index (χ3v) is 6.27. The second-order valence-corrected chi connectivity index (χ2v) is 8.73. The molecule has 0 aliphatic carbocycles. The minimum atomic E-state index is -4.59. The first-order valence-electron chi connectivity index (χ1n) is 11.9. The van der Waals surface area contributed by atoms with Crippen molar-refractivity contribution in [2.75, 3.05) is 12.4 Å². The Labute approximate surface area is 217 Å². The fraction of sp³-hybridized carbons (Fsp3) is 0.0968. The van der Waals surface area contributed by atoms with Gasteiger partial charge < -0.3 is 10.1 Å². The van der Waals surface area contributed by atoms with Crippen LogP contribution in [0.2, 0.25) is 0 Å². The molecule has 0 amide bonds. The van der Waals surface area contributed by atoms with Crippen LogP contribution < -0.4 is 10.1 Å². The summed E-state index contributed by atoms with van der Waals surface area (Å²) < 4.78 is 46.8. The number of hydrogen-bond donors (Lipinski definition) is 1. The van der Waals surface area contributed by atoms with E-state index >= 15 is 0 Å². The number of halogens is 3. The predicted octanol–water partition coefficient (Wildman–Crippen LogP) is 7.77. The number of fused-ring (bicyclic) bond motifs is 1. The zero-order valence-electron chi connectivity index (χ0n) is 20.4. The van der Waals surface area contributed by atoms with Crippen molar-refractivity contribution < 1.29 is 22.7 Å². The van der Waals surface area contributed by atoms with Crippen molar-refractivity contribution >= 4 is 22.4 Å². The summed E-state index contributed by atoms with van der Waals surface area (Å²) in [4.78, 5) is 17.7. The maximum Gasteiger partial charge on any atom is 0.418 e. The van der Waals surface area contributed by atoms with Gasteiger partial charge in [0.05, 0.1) is 18.2 Å². The second kappa shape index (κ2) is 10.4. The van der Waals surface area contributed by atoms with E-state index in [9.17, 15) is 18.0 Å². The van der Waals surface area contributed by atoms with E-state index in [2.05, 4.69) is 10.3 Å². The SMILES string of the molecule is COc1cccc(CNc2cccc(-c3c(C(=O)c4ccccc4)cnc4c(C(F)(F)F)cccc34)c2)c1. The van der Waals surface area contributed by atoms with Crippen LogP contribution in [0.15, 0.2) is 103 Å². The minimum absolute atomic E-state index is 0.200. The molecule has 0 aliphatic rings. The molecule has 7 heteroatoms. The highest BCUT2D eigenvalue weighted by atomic mass is 19.4. The molecule has 5 aromatic rings. The number of alkyl halides is 3. The van der Waals surface area contributed by atoms with E-state index in [0.29, 0.717) is 23.2 Å². The van der Waals surface area contributed by atoms with E-state index in [-0.39, 0.29) is 22.2 Å². The number of aromatic nitrogens is 1. The molecule has 1 heterocycles. The van der Waals surface area contributed by atoms with E-state index in [0.717, 1.165) is 23.1 Å². The Balaban J connectivity index is 1.63. The Bertz CT molecular complexity index is 1620. The zero-order valence-corrected chi connectivity index (χ0v) is 20.4. The number of ether oxygens (including phenoxy) is 1. The standard InChI is InChI=1S/C31H23F3N2O2/c1-38-24-13-5-8-20(16-24)18-35-23-12-6-11-22(17-23)28-25-14-7-15-27(31(32,33)34)29(25)36-19-26(28)30(37)21-9-3-2-4-10-21/h2-17,19,35H,18H2,1H3. The third kappa shape index (κ3) is 5.09. The molecule has 38 heavy (non-hydrogen) atoms. The van der Waals surface area contributed by atoms with Gasteiger partial charge in [0.15, 0.2) is 5.78 Å². The maximum atomic E-state index is 13.8. The fourth-order valence-corrected chi connectivity index (χ4v) is 4.45. The summed E-state index contributed by atoms with van der Waals surface area (Å²) >= 11 is 0. The summed E-state index contributed by atoms with van der Waals surface area (Å²) in [6, 6.07) is 27.5. The van der Waals surface area contributed by atoms with Crippen molar-refractivity contribution in [2.45, 2.75) is 12.7 Å². The maximum absolute atomic E-state index is 13.8. The van der Waals surface area contributed by atoms with Gasteiger partial charge in [-0.15, -0.1) is 0 Å². The van der Waals surface area contributed by atoms with Crippen molar-refractivity contribution in [2.24, 2.45) is 0 Å². The van der Waals surface area contributed by atoms with Gasteiger partial charge in [-0.25, -0.2) is 0 Å². The van der Waals surface area contributed by atoms with Crippen molar-refractivity contribution in [1.82, 2.24) is 4.98 Å². The van der Waals surface area contributed by atoms with Crippen LogP contribution in [0.1, 0.15) is 27.0 Å². The summed E-state index contributed by atoms with van der Waals surface area (Å²) in [6.07, 6.45) is -3.34. The van der Waals surface area contributed by atoms with Gasteiger partial charge in [-0.3, -0.25) is 9.78 Å². The predicted molar refractivity (Wildman–Crippen MR) is 142 cm³/mol. The molecule has 0 fully saturated rings. The fourth-order valence-electron chi connectivity index (χ4n) is 4.45. The number of para-hydroxylation sites is 1. The molecule has 0 aliphatic heterocycles. The lowest BCUT2D eigenvalue weighted by Crippen LogP contribution is -2.09. The third-order valence-electron chi connectivity index (χ3n) is 6.27. The molecule has 0 saturated heterocycles. The summed E-state index contributed by atoms with van der Waals surface area (Å²) in [5.41, 5.74) is 2.37. The van der Waals surface area contributed by atoms with Gasteiger partial charge in [-0.1, -0.05) is 66.7 Å². The van der Waals surface area contributed by atoms with E-state index in [4.69, 9.17) is 4.74 Å². The normalized spacial score (nSPS) is 11.4. The highest BCUT2D eigenvalue weighted by Gasteiger charge is 2.34. The van der Waals surface area contributed by atoms with Crippen molar-refractivity contribution in [3.63, 3.8) is 0 Å². The van der Waals surface area contributed by atoms with Gasteiger partial charge >= 0.3 is 6.18 Å². The van der Waals surface area contributed by atoms with Crippen LogP contribution in [0.4, 0.5) is 18.9 Å². The second-order valence-electron chi connectivity index (χ2n) is 8.73. The Morgan fingerprint density at radius 1 is 0.895 bits per heavy atom. The summed E-state index contributed by atoms with van der Waals surface area (Å²) in [7, 11) is 1.60. The van der Waals surface area contributed by atoms with Crippen LogP contribution in [-0.2, 0) is 12.7 Å². The number of pyridine rings is 1. The highest BCUT2D eigenvalue weighted by molar-refractivity contribution is 6.16. The Morgan fingerprint density at radius 3 is 2.42 bits per heavy atom. The van der Waals surface area contributed by atoms with Crippen LogP contribution in [-0.4, -0.2) is 17.9 Å². The lowest BCUT2D eigenvalue weighted by atomic mass is 9.91. The van der Waals surface area contributed by atoms with Crippen LogP contribution in [0.5, 0.6) is 5.75 Å². The molecule has 0 atom stereocenters. The number of nitrogens with one attached hydrogen (secondary N) is 1. The molecule has 0 unspecified atom stereocenters. The molecule has 4 aromatic carbocycles. The number of hydrogen-bond acceptors (Lipinski definition) is 4. The van der Waals surface area contributed by atoms with Crippen LogP contribution in [0.3, 0.4) is 0 Å². The van der Waals surface area contributed by atoms with E-state index < -0.39 is 11.7 Å². The molecule has 1 aromatic heterocycles. The largest absolute Gasteiger partial charge is 0.497 e. The van der Waals surface area contributed by atoms with E-state index in [1.807, 2.05) is 36.4 Å². The molecule has 4 nitrogen and oxygen atoms in total. The van der Waals surface area contributed by atoms with Gasteiger partial charge in [-0.05, 0) is 41.5 Å². The van der Waals surface area contributed by atoms with Gasteiger partial charge in [0, 0.05) is 40.5 Å². The van der Waals surface area contributed by atoms with Crippen molar-refractivity contribution in [1.29, 1.82) is 0 Å². The zero-order chi connectivity index (χ0) is 26.7.